The highest BCUT2D eigenvalue weighted by Gasteiger charge is 2.19. The summed E-state index contributed by atoms with van der Waals surface area (Å²) in [4.78, 5) is 0.0882. The number of halogens is 4. The van der Waals surface area contributed by atoms with E-state index in [9.17, 15) is 8.42 Å². The van der Waals surface area contributed by atoms with Crippen molar-refractivity contribution in [2.75, 3.05) is 6.26 Å². The van der Waals surface area contributed by atoms with E-state index in [1.54, 1.807) is 24.3 Å². The molecule has 0 aliphatic carbocycles. The van der Waals surface area contributed by atoms with Crippen LogP contribution in [-0.2, 0) is 9.84 Å². The number of benzene rings is 2. The average molecular weight is 370 g/mol. The van der Waals surface area contributed by atoms with Crippen molar-refractivity contribution in [3.05, 3.63) is 50.4 Å². The molecule has 0 aromatic heterocycles. The predicted molar refractivity (Wildman–Crippen MR) is 85.0 cm³/mol. The van der Waals surface area contributed by atoms with Crippen molar-refractivity contribution in [1.82, 2.24) is 0 Å². The number of sulfone groups is 1. The lowest BCUT2D eigenvalue weighted by atomic mass is 10.1. The summed E-state index contributed by atoms with van der Waals surface area (Å²) in [5, 5.41) is 1.01. The van der Waals surface area contributed by atoms with Gasteiger partial charge in [-0.1, -0.05) is 58.5 Å². The molecule has 0 spiro atoms. The van der Waals surface area contributed by atoms with E-state index in [4.69, 9.17) is 46.4 Å². The number of rotatable bonds is 2. The Balaban J connectivity index is 2.81. The second-order valence-corrected chi connectivity index (χ2v) is 7.72. The normalized spacial score (nSPS) is 11.7. The van der Waals surface area contributed by atoms with Crippen LogP contribution in [0.4, 0.5) is 0 Å². The van der Waals surface area contributed by atoms with E-state index in [0.29, 0.717) is 21.2 Å². The van der Waals surface area contributed by atoms with E-state index < -0.39 is 9.84 Å². The van der Waals surface area contributed by atoms with Crippen LogP contribution in [0.2, 0.25) is 20.1 Å². The summed E-state index contributed by atoms with van der Waals surface area (Å²) in [6.45, 7) is 0. The van der Waals surface area contributed by atoms with Crippen LogP contribution in [0, 0.1) is 0 Å². The summed E-state index contributed by atoms with van der Waals surface area (Å²) >= 11 is 23.9. The zero-order valence-electron chi connectivity index (χ0n) is 10.1. The van der Waals surface area contributed by atoms with Crippen LogP contribution in [0.5, 0.6) is 0 Å². The Morgan fingerprint density at radius 2 is 1.45 bits per heavy atom. The van der Waals surface area contributed by atoms with Crippen molar-refractivity contribution in [2.24, 2.45) is 0 Å². The molecule has 2 nitrogen and oxygen atoms in total. The molecule has 106 valence electrons. The fourth-order valence-electron chi connectivity index (χ4n) is 1.76. The van der Waals surface area contributed by atoms with Gasteiger partial charge in [-0.15, -0.1) is 0 Å². The predicted octanol–water partition coefficient (Wildman–Crippen LogP) is 5.37. The van der Waals surface area contributed by atoms with Crippen LogP contribution in [-0.4, -0.2) is 14.7 Å². The molecular formula is C13H8Cl4O2S. The fourth-order valence-corrected chi connectivity index (χ4v) is 3.55. The smallest absolute Gasteiger partial charge is 0.176 e. The second-order valence-electron chi connectivity index (χ2n) is 4.14. The molecule has 0 aliphatic heterocycles. The van der Waals surface area contributed by atoms with Crippen LogP contribution < -0.4 is 0 Å². The highest BCUT2D eigenvalue weighted by atomic mass is 35.5. The highest BCUT2D eigenvalue weighted by molar-refractivity contribution is 7.90. The van der Waals surface area contributed by atoms with Crippen molar-refractivity contribution >= 4 is 56.2 Å². The topological polar surface area (TPSA) is 34.1 Å². The Labute approximate surface area is 137 Å². The first kappa shape index (κ1) is 15.9. The van der Waals surface area contributed by atoms with Gasteiger partial charge < -0.3 is 0 Å². The lowest BCUT2D eigenvalue weighted by Gasteiger charge is -2.12. The number of hydrogen-bond donors (Lipinski definition) is 0. The Morgan fingerprint density at radius 3 is 2.05 bits per heavy atom. The van der Waals surface area contributed by atoms with Gasteiger partial charge >= 0.3 is 0 Å². The molecule has 2 aromatic rings. The summed E-state index contributed by atoms with van der Waals surface area (Å²) < 4.78 is 23.8. The maximum absolute atomic E-state index is 11.9. The summed E-state index contributed by atoms with van der Waals surface area (Å²) in [5.41, 5.74) is 0.915. The summed E-state index contributed by atoms with van der Waals surface area (Å²) in [6, 6.07) is 7.74. The van der Waals surface area contributed by atoms with Gasteiger partial charge in [-0.05, 0) is 18.2 Å². The van der Waals surface area contributed by atoms with E-state index in [2.05, 4.69) is 0 Å². The van der Waals surface area contributed by atoms with Gasteiger partial charge in [0, 0.05) is 22.4 Å². The molecule has 0 fully saturated rings. The molecule has 2 rings (SSSR count). The zero-order valence-corrected chi connectivity index (χ0v) is 14.0. The lowest BCUT2D eigenvalue weighted by molar-refractivity contribution is 0.602. The third-order valence-corrected chi connectivity index (χ3v) is 5.33. The molecular weight excluding hydrogens is 362 g/mol. The van der Waals surface area contributed by atoms with Gasteiger partial charge in [-0.3, -0.25) is 0 Å². The first-order valence-electron chi connectivity index (χ1n) is 5.35. The van der Waals surface area contributed by atoms with Crippen molar-refractivity contribution in [2.45, 2.75) is 4.90 Å². The Kier molecular flexibility index (Phi) is 4.57. The van der Waals surface area contributed by atoms with Gasteiger partial charge in [0.2, 0.25) is 0 Å². The van der Waals surface area contributed by atoms with E-state index in [-0.39, 0.29) is 14.9 Å². The molecule has 0 N–H and O–H groups in total. The van der Waals surface area contributed by atoms with Crippen molar-refractivity contribution in [3.8, 4) is 11.1 Å². The molecule has 0 saturated heterocycles. The fraction of sp³-hybridized carbons (Fsp3) is 0.0769. The monoisotopic (exact) mass is 368 g/mol. The maximum Gasteiger partial charge on any atom is 0.176 e. The van der Waals surface area contributed by atoms with Gasteiger partial charge in [-0.2, -0.15) is 0 Å². The summed E-state index contributed by atoms with van der Waals surface area (Å²) in [7, 11) is -3.46. The minimum Gasteiger partial charge on any atom is -0.224 e. The van der Waals surface area contributed by atoms with Crippen LogP contribution >= 0.6 is 46.4 Å². The van der Waals surface area contributed by atoms with Gasteiger partial charge in [0.15, 0.2) is 9.84 Å². The molecule has 0 saturated carbocycles. The molecule has 0 heterocycles. The zero-order chi connectivity index (χ0) is 15.1. The third-order valence-electron chi connectivity index (χ3n) is 2.67. The Hall–Kier alpha value is -0.450. The Morgan fingerprint density at radius 1 is 0.850 bits per heavy atom. The molecule has 0 aliphatic rings. The van der Waals surface area contributed by atoms with Crippen LogP contribution in [0.1, 0.15) is 0 Å². The van der Waals surface area contributed by atoms with Gasteiger partial charge in [-0.25, -0.2) is 8.42 Å². The molecule has 7 heteroatoms. The highest BCUT2D eigenvalue weighted by Crippen LogP contribution is 2.40. The average Bonchev–Trinajstić information content (AvgIpc) is 2.36. The first-order chi connectivity index (χ1) is 9.21. The number of hydrogen-bond acceptors (Lipinski definition) is 2. The van der Waals surface area contributed by atoms with Crippen molar-refractivity contribution < 1.29 is 8.42 Å². The van der Waals surface area contributed by atoms with E-state index in [1.165, 1.54) is 6.07 Å². The first-order valence-corrected chi connectivity index (χ1v) is 8.75. The van der Waals surface area contributed by atoms with E-state index in [0.717, 1.165) is 6.26 Å². The van der Waals surface area contributed by atoms with Gasteiger partial charge in [0.1, 0.15) is 0 Å². The van der Waals surface area contributed by atoms with E-state index >= 15 is 0 Å². The molecule has 2 aromatic carbocycles. The molecule has 0 unspecified atom stereocenters. The molecule has 20 heavy (non-hydrogen) atoms. The van der Waals surface area contributed by atoms with Crippen molar-refractivity contribution in [1.29, 1.82) is 0 Å². The van der Waals surface area contributed by atoms with Gasteiger partial charge in [0.25, 0.3) is 0 Å². The Bertz CT molecular complexity index is 785. The van der Waals surface area contributed by atoms with Gasteiger partial charge in [0.05, 0.1) is 20.0 Å². The molecule has 0 amide bonds. The standard InChI is InChI=1S/C13H8Cl4O2S/c1-20(18,19)11-6-7(14)2-3-8(11)9-4-5-10(15)13(17)12(9)16/h2-6H,1H3. The minimum absolute atomic E-state index is 0.0882. The van der Waals surface area contributed by atoms with Crippen molar-refractivity contribution in [3.63, 3.8) is 0 Å². The van der Waals surface area contributed by atoms with Crippen LogP contribution in [0.3, 0.4) is 0 Å². The largest absolute Gasteiger partial charge is 0.224 e. The lowest BCUT2D eigenvalue weighted by Crippen LogP contribution is -2.00. The molecule has 0 atom stereocenters. The second kappa shape index (κ2) is 5.74. The van der Waals surface area contributed by atoms with Crippen LogP contribution in [0.25, 0.3) is 11.1 Å². The van der Waals surface area contributed by atoms with E-state index in [1.807, 2.05) is 0 Å². The summed E-state index contributed by atoms with van der Waals surface area (Å²) in [5.74, 6) is 0. The molecule has 0 bridgehead atoms. The third kappa shape index (κ3) is 3.07. The maximum atomic E-state index is 11.9. The minimum atomic E-state index is -3.46. The summed E-state index contributed by atoms with van der Waals surface area (Å²) in [6.07, 6.45) is 1.10. The quantitative estimate of drug-likeness (QED) is 0.666. The molecule has 0 radical (unpaired) electrons. The SMILES string of the molecule is CS(=O)(=O)c1cc(Cl)ccc1-c1ccc(Cl)c(Cl)c1Cl. The van der Waals surface area contributed by atoms with Crippen LogP contribution in [0.15, 0.2) is 35.2 Å².